The van der Waals surface area contributed by atoms with E-state index in [-0.39, 0.29) is 11.8 Å². The van der Waals surface area contributed by atoms with Crippen LogP contribution < -0.4 is 20.1 Å². The molecule has 2 amide bonds. The molecule has 0 aliphatic rings. The second-order valence-corrected chi connectivity index (χ2v) is 7.22. The highest BCUT2D eigenvalue weighted by atomic mass is 16.5. The minimum absolute atomic E-state index is 0.283. The van der Waals surface area contributed by atoms with E-state index in [9.17, 15) is 9.59 Å². The molecule has 0 atom stereocenters. The third kappa shape index (κ3) is 5.02. The molecule has 8 nitrogen and oxygen atoms in total. The number of hydrogen-bond acceptors (Lipinski definition) is 6. The lowest BCUT2D eigenvalue weighted by Crippen LogP contribution is -2.13. The summed E-state index contributed by atoms with van der Waals surface area (Å²) in [4.78, 5) is 32.9. The van der Waals surface area contributed by atoms with Gasteiger partial charge in [0, 0.05) is 24.8 Å². The second-order valence-electron chi connectivity index (χ2n) is 7.22. The maximum Gasteiger partial charge on any atom is 0.257 e. The molecule has 2 heterocycles. The Morgan fingerprint density at radius 2 is 1.12 bits per heavy atom. The standard InChI is InChI=1S/C26H22N4O4/c1-33-23-13-17(7-9-21(23)29-25(31)19-5-3-11-27-15-19)18-8-10-22(24(14-18)34-2)30-26(32)20-6-4-12-28-16-20/h3-16H,1-2H3,(H,29,31)(H,30,32). The monoisotopic (exact) mass is 454 g/mol. The fraction of sp³-hybridized carbons (Fsp3) is 0.0769. The number of hydrogen-bond donors (Lipinski definition) is 2. The number of aromatic nitrogens is 2. The van der Waals surface area contributed by atoms with Gasteiger partial charge < -0.3 is 20.1 Å². The van der Waals surface area contributed by atoms with E-state index in [2.05, 4.69) is 20.6 Å². The van der Waals surface area contributed by atoms with Gasteiger partial charge in [0.1, 0.15) is 11.5 Å². The van der Waals surface area contributed by atoms with Crippen LogP contribution in [0, 0.1) is 0 Å². The van der Waals surface area contributed by atoms with Gasteiger partial charge in [0.2, 0.25) is 0 Å². The van der Waals surface area contributed by atoms with E-state index >= 15 is 0 Å². The van der Waals surface area contributed by atoms with Crippen LogP contribution >= 0.6 is 0 Å². The largest absolute Gasteiger partial charge is 0.495 e. The fourth-order valence-electron chi connectivity index (χ4n) is 3.33. The Morgan fingerprint density at radius 3 is 1.47 bits per heavy atom. The zero-order valence-electron chi connectivity index (χ0n) is 18.6. The number of anilines is 2. The number of benzene rings is 2. The molecule has 0 bridgehead atoms. The molecule has 0 saturated carbocycles. The van der Waals surface area contributed by atoms with Gasteiger partial charge in [-0.1, -0.05) is 12.1 Å². The second kappa shape index (κ2) is 10.3. The third-order valence-corrected chi connectivity index (χ3v) is 5.08. The van der Waals surface area contributed by atoms with Gasteiger partial charge >= 0.3 is 0 Å². The zero-order valence-corrected chi connectivity index (χ0v) is 18.6. The molecule has 0 saturated heterocycles. The topological polar surface area (TPSA) is 102 Å². The molecule has 2 N–H and O–H groups in total. The molecule has 8 heteroatoms. The summed E-state index contributed by atoms with van der Waals surface area (Å²) < 4.78 is 11.0. The van der Waals surface area contributed by atoms with Crippen LogP contribution in [0.3, 0.4) is 0 Å². The summed E-state index contributed by atoms with van der Waals surface area (Å²) in [7, 11) is 3.08. The molecular weight excluding hydrogens is 432 g/mol. The Bertz CT molecular complexity index is 1210. The quantitative estimate of drug-likeness (QED) is 0.421. The Morgan fingerprint density at radius 1 is 0.676 bits per heavy atom. The molecule has 0 fully saturated rings. The first kappa shape index (κ1) is 22.5. The molecule has 4 rings (SSSR count). The summed E-state index contributed by atoms with van der Waals surface area (Å²) in [6, 6.07) is 17.7. The van der Waals surface area contributed by atoms with Crippen molar-refractivity contribution in [1.29, 1.82) is 0 Å². The van der Waals surface area contributed by atoms with Crippen molar-refractivity contribution in [3.05, 3.63) is 96.6 Å². The van der Waals surface area contributed by atoms with E-state index in [1.165, 1.54) is 26.6 Å². The lowest BCUT2D eigenvalue weighted by molar-refractivity contribution is 0.101. The van der Waals surface area contributed by atoms with Crippen LogP contribution in [0.5, 0.6) is 11.5 Å². The predicted molar refractivity (Wildman–Crippen MR) is 129 cm³/mol. The number of nitrogens with one attached hydrogen (secondary N) is 2. The number of nitrogens with zero attached hydrogens (tertiary/aromatic N) is 2. The van der Waals surface area contributed by atoms with Gasteiger partial charge in [-0.2, -0.15) is 0 Å². The first-order chi connectivity index (χ1) is 16.6. The van der Waals surface area contributed by atoms with Crippen molar-refractivity contribution >= 4 is 23.2 Å². The highest BCUT2D eigenvalue weighted by Crippen LogP contribution is 2.35. The van der Waals surface area contributed by atoms with Crippen molar-refractivity contribution < 1.29 is 19.1 Å². The average molecular weight is 454 g/mol. The molecule has 0 unspecified atom stereocenters. The summed E-state index contributed by atoms with van der Waals surface area (Å²) in [5, 5.41) is 5.69. The van der Waals surface area contributed by atoms with Crippen molar-refractivity contribution in [2.45, 2.75) is 0 Å². The van der Waals surface area contributed by atoms with Crippen LogP contribution in [0.2, 0.25) is 0 Å². The van der Waals surface area contributed by atoms with E-state index in [4.69, 9.17) is 9.47 Å². The fourth-order valence-corrected chi connectivity index (χ4v) is 3.33. The molecule has 0 radical (unpaired) electrons. The number of methoxy groups -OCH3 is 2. The van der Waals surface area contributed by atoms with Crippen LogP contribution in [0.1, 0.15) is 20.7 Å². The molecule has 170 valence electrons. The van der Waals surface area contributed by atoms with Crippen LogP contribution in [0.25, 0.3) is 11.1 Å². The molecule has 0 aliphatic heterocycles. The summed E-state index contributed by atoms with van der Waals surface area (Å²) in [6.45, 7) is 0. The maximum absolute atomic E-state index is 12.5. The van der Waals surface area contributed by atoms with Crippen LogP contribution in [-0.4, -0.2) is 36.0 Å². The van der Waals surface area contributed by atoms with Gasteiger partial charge in [-0.15, -0.1) is 0 Å². The Labute approximate surface area is 196 Å². The maximum atomic E-state index is 12.5. The molecule has 0 spiro atoms. The van der Waals surface area contributed by atoms with Gasteiger partial charge in [0.15, 0.2) is 0 Å². The van der Waals surface area contributed by atoms with E-state index in [0.29, 0.717) is 34.0 Å². The Hall–Kier alpha value is -4.72. The zero-order chi connectivity index (χ0) is 23.9. The Balaban J connectivity index is 1.56. The summed E-state index contributed by atoms with van der Waals surface area (Å²) in [6.07, 6.45) is 6.21. The van der Waals surface area contributed by atoms with Crippen LogP contribution in [0.15, 0.2) is 85.5 Å². The van der Waals surface area contributed by atoms with E-state index in [0.717, 1.165) is 11.1 Å². The molecular formula is C26H22N4O4. The van der Waals surface area contributed by atoms with E-state index < -0.39 is 0 Å². The lowest BCUT2D eigenvalue weighted by Gasteiger charge is -2.14. The summed E-state index contributed by atoms with van der Waals surface area (Å²) in [5.41, 5.74) is 3.66. The Kier molecular flexibility index (Phi) is 6.78. The van der Waals surface area contributed by atoms with Gasteiger partial charge in [-0.25, -0.2) is 0 Å². The van der Waals surface area contributed by atoms with Gasteiger partial charge in [0.25, 0.3) is 11.8 Å². The number of carbonyl (C=O) groups is 2. The lowest BCUT2D eigenvalue weighted by atomic mass is 10.0. The van der Waals surface area contributed by atoms with E-state index in [1.54, 1.807) is 48.8 Å². The number of amides is 2. The minimum Gasteiger partial charge on any atom is -0.495 e. The van der Waals surface area contributed by atoms with Crippen LogP contribution in [0.4, 0.5) is 11.4 Å². The number of ether oxygens (including phenoxy) is 2. The summed E-state index contributed by atoms with van der Waals surface area (Å²) in [5.74, 6) is 0.439. The first-order valence-electron chi connectivity index (χ1n) is 10.4. The van der Waals surface area contributed by atoms with Gasteiger partial charge in [-0.05, 0) is 59.7 Å². The average Bonchev–Trinajstić information content (AvgIpc) is 2.90. The number of rotatable bonds is 7. The number of carbonyl (C=O) groups excluding carboxylic acids is 2. The summed E-state index contributed by atoms with van der Waals surface area (Å²) >= 11 is 0. The van der Waals surface area contributed by atoms with Gasteiger partial charge in [0.05, 0.1) is 36.7 Å². The molecule has 2 aromatic heterocycles. The molecule has 2 aromatic carbocycles. The van der Waals surface area contributed by atoms with Crippen molar-refractivity contribution in [2.75, 3.05) is 24.9 Å². The molecule has 0 aliphatic carbocycles. The molecule has 4 aromatic rings. The predicted octanol–water partition coefficient (Wildman–Crippen LogP) is 4.67. The number of pyridine rings is 2. The van der Waals surface area contributed by atoms with Crippen molar-refractivity contribution in [2.24, 2.45) is 0 Å². The SMILES string of the molecule is COc1cc(-c2ccc(NC(=O)c3cccnc3)c(OC)c2)ccc1NC(=O)c1cccnc1. The van der Waals surface area contributed by atoms with Crippen molar-refractivity contribution in [1.82, 2.24) is 9.97 Å². The first-order valence-corrected chi connectivity index (χ1v) is 10.4. The minimum atomic E-state index is -0.283. The normalized spacial score (nSPS) is 10.3. The van der Waals surface area contributed by atoms with Crippen molar-refractivity contribution in [3.8, 4) is 22.6 Å². The van der Waals surface area contributed by atoms with Crippen molar-refractivity contribution in [3.63, 3.8) is 0 Å². The third-order valence-electron chi connectivity index (χ3n) is 5.08. The highest BCUT2D eigenvalue weighted by molar-refractivity contribution is 6.05. The van der Waals surface area contributed by atoms with E-state index in [1.807, 2.05) is 24.3 Å². The van der Waals surface area contributed by atoms with Gasteiger partial charge in [-0.3, -0.25) is 19.6 Å². The molecule has 34 heavy (non-hydrogen) atoms. The smallest absolute Gasteiger partial charge is 0.257 e. The van der Waals surface area contributed by atoms with Crippen LogP contribution in [-0.2, 0) is 0 Å². The highest BCUT2D eigenvalue weighted by Gasteiger charge is 2.14.